The minimum absolute atomic E-state index is 0.130. The van der Waals surface area contributed by atoms with Crippen LogP contribution in [-0.4, -0.2) is 30.7 Å². The van der Waals surface area contributed by atoms with E-state index in [2.05, 4.69) is 15.1 Å². The summed E-state index contributed by atoms with van der Waals surface area (Å²) in [5.41, 5.74) is 2.26. The molecule has 0 aromatic carbocycles. The molecule has 0 saturated heterocycles. The number of thiazole rings is 1. The Balaban J connectivity index is 1.80. The van der Waals surface area contributed by atoms with E-state index in [9.17, 15) is 9.90 Å². The van der Waals surface area contributed by atoms with Gasteiger partial charge in [-0.15, -0.1) is 11.3 Å². The zero-order chi connectivity index (χ0) is 17.7. The second kappa shape index (κ2) is 5.89. The molecule has 0 amide bonds. The van der Waals surface area contributed by atoms with Crippen LogP contribution in [0.25, 0.3) is 22.2 Å². The van der Waals surface area contributed by atoms with Crippen LogP contribution >= 0.6 is 22.7 Å². The number of fused-ring (bicyclic) bond motifs is 1. The van der Waals surface area contributed by atoms with Gasteiger partial charge in [-0.1, -0.05) is 17.4 Å². The molecule has 0 unspecified atom stereocenters. The van der Waals surface area contributed by atoms with Crippen molar-refractivity contribution in [3.8, 4) is 16.5 Å². The summed E-state index contributed by atoms with van der Waals surface area (Å²) < 4.78 is 1.72. The third kappa shape index (κ3) is 2.74. The minimum Gasteiger partial charge on any atom is -0.493 e. The molecule has 1 fully saturated rings. The van der Waals surface area contributed by atoms with E-state index in [-0.39, 0.29) is 10.8 Å². The molecular weight excluding hydrogens is 370 g/mol. The Hall–Kier alpha value is -2.78. The van der Waals surface area contributed by atoms with Crippen molar-refractivity contribution in [2.75, 3.05) is 0 Å². The van der Waals surface area contributed by atoms with Gasteiger partial charge < -0.3 is 5.11 Å². The number of aromatic amines is 1. The van der Waals surface area contributed by atoms with Crippen LogP contribution in [0.1, 0.15) is 17.7 Å². The van der Waals surface area contributed by atoms with Crippen molar-refractivity contribution in [3.05, 3.63) is 55.2 Å². The van der Waals surface area contributed by atoms with E-state index < -0.39 is 0 Å². The van der Waals surface area contributed by atoms with Crippen LogP contribution in [0.2, 0.25) is 0 Å². The smallest absolute Gasteiger partial charge is 0.307 e. The van der Waals surface area contributed by atoms with Gasteiger partial charge in [-0.05, 0) is 36.4 Å². The van der Waals surface area contributed by atoms with Crippen LogP contribution in [0.4, 0.5) is 0 Å². The molecule has 26 heavy (non-hydrogen) atoms. The Labute approximate surface area is 154 Å². The molecule has 4 aromatic heterocycles. The maximum atomic E-state index is 11.4. The molecule has 0 spiro atoms. The highest BCUT2D eigenvalue weighted by Crippen LogP contribution is 2.24. The molecule has 0 atom stereocenters. The number of thiophene rings is 1. The topological polar surface area (TPSA) is 95.6 Å². The van der Waals surface area contributed by atoms with Crippen molar-refractivity contribution < 1.29 is 5.11 Å². The highest BCUT2D eigenvalue weighted by atomic mass is 32.1. The van der Waals surface area contributed by atoms with Gasteiger partial charge in [-0.25, -0.2) is 9.98 Å². The number of hydrogen-bond acceptors (Lipinski definition) is 7. The molecule has 4 aromatic rings. The van der Waals surface area contributed by atoms with E-state index in [4.69, 9.17) is 4.98 Å². The summed E-state index contributed by atoms with van der Waals surface area (Å²) in [6.45, 7) is 0. The lowest BCUT2D eigenvalue weighted by molar-refractivity contribution is 0.455. The Morgan fingerprint density at radius 2 is 2.31 bits per heavy atom. The Morgan fingerprint density at radius 3 is 3.00 bits per heavy atom. The average molecular weight is 383 g/mol. The van der Waals surface area contributed by atoms with Crippen LogP contribution < -0.4 is 15.7 Å². The van der Waals surface area contributed by atoms with Crippen LogP contribution in [0.5, 0.6) is 5.88 Å². The van der Waals surface area contributed by atoms with Crippen molar-refractivity contribution in [3.63, 3.8) is 0 Å². The first-order valence-electron chi connectivity index (χ1n) is 8.08. The fourth-order valence-electron chi connectivity index (χ4n) is 2.67. The zero-order valence-corrected chi connectivity index (χ0v) is 15.0. The van der Waals surface area contributed by atoms with Gasteiger partial charge in [-0.2, -0.15) is 9.61 Å². The van der Waals surface area contributed by atoms with Crippen molar-refractivity contribution in [1.82, 2.24) is 19.6 Å². The highest BCUT2D eigenvalue weighted by molar-refractivity contribution is 7.13. The molecule has 5 rings (SSSR count). The van der Waals surface area contributed by atoms with Gasteiger partial charge in [-0.3, -0.25) is 9.78 Å². The Morgan fingerprint density at radius 1 is 1.42 bits per heavy atom. The normalized spacial score (nSPS) is 16.0. The van der Waals surface area contributed by atoms with Gasteiger partial charge in [0.1, 0.15) is 0 Å². The van der Waals surface area contributed by atoms with Crippen molar-refractivity contribution in [1.29, 1.82) is 0 Å². The average Bonchev–Trinajstić information content (AvgIpc) is 3.01. The van der Waals surface area contributed by atoms with Crippen LogP contribution in [0.3, 0.4) is 0 Å². The Bertz CT molecular complexity index is 1280. The zero-order valence-electron chi connectivity index (χ0n) is 13.4. The number of nitrogens with one attached hydrogen (secondary N) is 1. The van der Waals surface area contributed by atoms with Gasteiger partial charge in [0, 0.05) is 5.22 Å². The SMILES string of the molecule is O=c1[nH]c(O)c(C=c2cnn3c(=NC4CC4)nc(-c4cccs4)cc23)s1. The van der Waals surface area contributed by atoms with Crippen molar-refractivity contribution >= 4 is 34.3 Å². The fraction of sp³-hybridized carbons (Fsp3) is 0.176. The molecule has 130 valence electrons. The molecule has 4 heterocycles. The molecule has 1 aliphatic carbocycles. The molecule has 2 N–H and O–H groups in total. The first-order valence-corrected chi connectivity index (χ1v) is 9.77. The molecular formula is C17H13N5O2S2. The number of aromatic hydroxyl groups is 1. The number of hydrogen-bond donors (Lipinski definition) is 2. The van der Waals surface area contributed by atoms with Gasteiger partial charge in [0.05, 0.1) is 33.2 Å². The third-order valence-corrected chi connectivity index (χ3v) is 5.79. The first-order chi connectivity index (χ1) is 12.7. The number of nitrogens with zero attached hydrogens (tertiary/aromatic N) is 4. The summed E-state index contributed by atoms with van der Waals surface area (Å²) in [4.78, 5) is 24.4. The molecule has 0 bridgehead atoms. The monoisotopic (exact) mass is 383 g/mol. The van der Waals surface area contributed by atoms with E-state index in [0.29, 0.717) is 16.5 Å². The predicted molar refractivity (Wildman–Crippen MR) is 100 cm³/mol. The third-order valence-electron chi connectivity index (χ3n) is 4.08. The lowest BCUT2D eigenvalue weighted by Crippen LogP contribution is -2.21. The van der Waals surface area contributed by atoms with Crippen molar-refractivity contribution in [2.45, 2.75) is 18.9 Å². The standard InChI is InChI=1S/C17H13N5O2S2/c23-15-14(26-17(24)21-15)6-9-8-18-22-12(9)7-11(13-2-1-5-25-13)20-16(22)19-10-3-4-10/h1-2,5-8,10,23H,3-4H2,(H,21,24). The number of rotatable bonds is 3. The van der Waals surface area contributed by atoms with Gasteiger partial charge in [0.2, 0.25) is 11.5 Å². The van der Waals surface area contributed by atoms with E-state index in [1.807, 2.05) is 23.6 Å². The lowest BCUT2D eigenvalue weighted by atomic mass is 10.2. The second-order valence-corrected chi connectivity index (χ2v) is 8.01. The van der Waals surface area contributed by atoms with E-state index in [0.717, 1.165) is 45.5 Å². The number of aromatic nitrogens is 4. The van der Waals surface area contributed by atoms with E-state index in [1.54, 1.807) is 28.1 Å². The molecule has 7 nitrogen and oxygen atoms in total. The molecule has 0 radical (unpaired) electrons. The van der Waals surface area contributed by atoms with Crippen LogP contribution in [-0.2, 0) is 0 Å². The molecule has 1 aliphatic rings. The van der Waals surface area contributed by atoms with Gasteiger partial charge in [0.25, 0.3) is 0 Å². The summed E-state index contributed by atoms with van der Waals surface area (Å²) >= 11 is 2.57. The lowest BCUT2D eigenvalue weighted by Gasteiger charge is -2.00. The maximum absolute atomic E-state index is 11.4. The quantitative estimate of drug-likeness (QED) is 0.561. The summed E-state index contributed by atoms with van der Waals surface area (Å²) in [6, 6.07) is 6.29. The summed E-state index contributed by atoms with van der Waals surface area (Å²) in [5, 5.41) is 17.1. The molecule has 9 heteroatoms. The minimum atomic E-state index is -0.296. The summed E-state index contributed by atoms with van der Waals surface area (Å²) in [5.74, 6) is -0.130. The summed E-state index contributed by atoms with van der Waals surface area (Å²) in [7, 11) is 0. The van der Waals surface area contributed by atoms with Crippen LogP contribution in [0.15, 0.2) is 39.6 Å². The van der Waals surface area contributed by atoms with Gasteiger partial charge in [0.15, 0.2) is 0 Å². The van der Waals surface area contributed by atoms with Crippen molar-refractivity contribution in [2.24, 2.45) is 4.99 Å². The number of H-pyrrole nitrogens is 1. The maximum Gasteiger partial charge on any atom is 0.307 e. The first kappa shape index (κ1) is 15.5. The molecule has 0 aliphatic heterocycles. The highest BCUT2D eigenvalue weighted by Gasteiger charge is 2.20. The van der Waals surface area contributed by atoms with Crippen LogP contribution in [0, 0.1) is 0 Å². The van der Waals surface area contributed by atoms with E-state index in [1.165, 1.54) is 0 Å². The predicted octanol–water partition coefficient (Wildman–Crippen LogP) is 1.52. The molecule has 1 saturated carbocycles. The summed E-state index contributed by atoms with van der Waals surface area (Å²) in [6.07, 6.45) is 5.61. The largest absolute Gasteiger partial charge is 0.493 e. The van der Waals surface area contributed by atoms with Gasteiger partial charge >= 0.3 is 4.87 Å². The second-order valence-electron chi connectivity index (χ2n) is 6.05. The Kier molecular flexibility index (Phi) is 3.50. The van der Waals surface area contributed by atoms with E-state index >= 15 is 0 Å². The fourth-order valence-corrected chi connectivity index (χ4v) is 4.04.